The number of aliphatic hydroxyl groups excluding tert-OH is 3. The third-order valence-electron chi connectivity index (χ3n) is 4.97. The minimum absolute atomic E-state index is 0.132. The van der Waals surface area contributed by atoms with Gasteiger partial charge in [0.25, 0.3) is 0 Å². The second kappa shape index (κ2) is 6.26. The molecular formula is C16H23NO6. The van der Waals surface area contributed by atoms with E-state index in [0.29, 0.717) is 17.5 Å². The first-order chi connectivity index (χ1) is 10.9. The Morgan fingerprint density at radius 2 is 1.87 bits per heavy atom. The fourth-order valence-corrected chi connectivity index (χ4v) is 3.75. The maximum Gasteiger partial charge on any atom is 0.161 e. The van der Waals surface area contributed by atoms with Gasteiger partial charge in [-0.15, -0.1) is 0 Å². The van der Waals surface area contributed by atoms with Crippen molar-refractivity contribution in [2.24, 2.45) is 11.7 Å². The molecule has 1 aromatic carbocycles. The van der Waals surface area contributed by atoms with Gasteiger partial charge in [-0.1, -0.05) is 6.07 Å². The number of phenols is 2. The highest BCUT2D eigenvalue weighted by Gasteiger charge is 2.43. The summed E-state index contributed by atoms with van der Waals surface area (Å²) in [4.78, 5) is 0. The second-order valence-corrected chi connectivity index (χ2v) is 6.45. The Balaban J connectivity index is 1.92. The molecule has 6 unspecified atom stereocenters. The average molecular weight is 325 g/mol. The van der Waals surface area contributed by atoms with Crippen molar-refractivity contribution < 1.29 is 30.3 Å². The zero-order valence-corrected chi connectivity index (χ0v) is 12.7. The zero-order valence-electron chi connectivity index (χ0n) is 12.7. The van der Waals surface area contributed by atoms with Crippen LogP contribution in [0.5, 0.6) is 11.5 Å². The topological polar surface area (TPSA) is 136 Å². The summed E-state index contributed by atoms with van der Waals surface area (Å²) in [7, 11) is 0. The van der Waals surface area contributed by atoms with Crippen LogP contribution in [0.15, 0.2) is 12.1 Å². The first-order valence-electron chi connectivity index (χ1n) is 7.85. The molecule has 1 aliphatic heterocycles. The van der Waals surface area contributed by atoms with Gasteiger partial charge in [0.2, 0.25) is 0 Å². The van der Waals surface area contributed by atoms with E-state index in [-0.39, 0.29) is 30.9 Å². The van der Waals surface area contributed by atoms with Crippen LogP contribution >= 0.6 is 0 Å². The predicted molar refractivity (Wildman–Crippen MR) is 80.9 cm³/mol. The lowest BCUT2D eigenvalue weighted by Crippen LogP contribution is -2.50. The van der Waals surface area contributed by atoms with Gasteiger partial charge in [0.1, 0.15) is 0 Å². The van der Waals surface area contributed by atoms with Crippen molar-refractivity contribution in [2.45, 2.75) is 49.8 Å². The standard InChI is InChI=1S/C16H23NO6/c17-6-14-8-1-2-11(19)15(21)9(8)5-13(23-14)10-3-7(18)4-12(20)16(10)22/h1-2,7,10,12-14,16,18-22H,3-6,17H2. The molecular weight excluding hydrogens is 302 g/mol. The molecule has 1 aromatic rings. The molecule has 0 spiro atoms. The van der Waals surface area contributed by atoms with Gasteiger partial charge in [-0.2, -0.15) is 0 Å². The summed E-state index contributed by atoms with van der Waals surface area (Å²) in [5.74, 6) is -0.900. The Bertz CT molecular complexity index is 580. The molecule has 23 heavy (non-hydrogen) atoms. The molecule has 2 aliphatic rings. The molecule has 0 aromatic heterocycles. The molecule has 1 fully saturated rings. The smallest absolute Gasteiger partial charge is 0.161 e. The van der Waals surface area contributed by atoms with E-state index in [2.05, 4.69) is 0 Å². The fourth-order valence-electron chi connectivity index (χ4n) is 3.75. The van der Waals surface area contributed by atoms with E-state index in [1.165, 1.54) is 6.07 Å². The van der Waals surface area contributed by atoms with Crippen LogP contribution < -0.4 is 5.73 Å². The van der Waals surface area contributed by atoms with Crippen molar-refractivity contribution in [3.05, 3.63) is 23.3 Å². The lowest BCUT2D eigenvalue weighted by Gasteiger charge is -2.42. The minimum Gasteiger partial charge on any atom is -0.504 e. The number of rotatable bonds is 2. The van der Waals surface area contributed by atoms with Gasteiger partial charge < -0.3 is 36.0 Å². The number of aromatic hydroxyl groups is 2. The molecule has 6 atom stereocenters. The average Bonchev–Trinajstić information content (AvgIpc) is 2.53. The van der Waals surface area contributed by atoms with Crippen LogP contribution in [0.2, 0.25) is 0 Å². The molecule has 0 amide bonds. The SMILES string of the molecule is NCC1OC(C2CC(O)CC(O)C2O)Cc2c1ccc(O)c2O. The van der Waals surface area contributed by atoms with Crippen LogP contribution in [0, 0.1) is 5.92 Å². The van der Waals surface area contributed by atoms with Crippen molar-refractivity contribution in [2.75, 3.05) is 6.54 Å². The quantitative estimate of drug-likeness (QED) is 0.405. The molecule has 7 N–H and O–H groups in total. The van der Waals surface area contributed by atoms with Gasteiger partial charge in [0.15, 0.2) is 11.5 Å². The lowest BCUT2D eigenvalue weighted by atomic mass is 9.76. The first-order valence-corrected chi connectivity index (χ1v) is 7.85. The summed E-state index contributed by atoms with van der Waals surface area (Å²) < 4.78 is 5.96. The van der Waals surface area contributed by atoms with Crippen LogP contribution in [0.4, 0.5) is 0 Å². The predicted octanol–water partition coefficient (Wildman–Crippen LogP) is -0.468. The molecule has 0 bridgehead atoms. The van der Waals surface area contributed by atoms with Crippen molar-refractivity contribution in [3.8, 4) is 11.5 Å². The molecule has 128 valence electrons. The highest BCUT2D eigenvalue weighted by molar-refractivity contribution is 5.51. The molecule has 7 heteroatoms. The van der Waals surface area contributed by atoms with Gasteiger partial charge in [-0.3, -0.25) is 0 Å². The summed E-state index contributed by atoms with van der Waals surface area (Å²) in [5, 5.41) is 49.9. The molecule has 1 saturated carbocycles. The van der Waals surface area contributed by atoms with Gasteiger partial charge in [0.05, 0.1) is 30.5 Å². The fraction of sp³-hybridized carbons (Fsp3) is 0.625. The van der Waals surface area contributed by atoms with Gasteiger partial charge in [0, 0.05) is 30.9 Å². The Morgan fingerprint density at radius 1 is 1.13 bits per heavy atom. The maximum absolute atomic E-state index is 10.3. The zero-order chi connectivity index (χ0) is 16.7. The largest absolute Gasteiger partial charge is 0.504 e. The number of hydrogen-bond donors (Lipinski definition) is 6. The number of nitrogens with two attached hydrogens (primary N) is 1. The molecule has 7 nitrogen and oxygen atoms in total. The number of phenolic OH excluding ortho intramolecular Hbond substituents is 2. The van der Waals surface area contributed by atoms with E-state index in [9.17, 15) is 25.5 Å². The summed E-state index contributed by atoms with van der Waals surface area (Å²) in [6, 6.07) is 3.06. The van der Waals surface area contributed by atoms with Crippen molar-refractivity contribution >= 4 is 0 Å². The molecule has 0 saturated heterocycles. The van der Waals surface area contributed by atoms with Crippen LogP contribution in [0.1, 0.15) is 30.1 Å². The van der Waals surface area contributed by atoms with Gasteiger partial charge in [-0.25, -0.2) is 0 Å². The summed E-state index contributed by atoms with van der Waals surface area (Å²) >= 11 is 0. The first kappa shape index (κ1) is 16.5. The molecule has 0 radical (unpaired) electrons. The van der Waals surface area contributed by atoms with Crippen molar-refractivity contribution in [1.29, 1.82) is 0 Å². The van der Waals surface area contributed by atoms with Crippen LogP contribution in [-0.4, -0.2) is 56.5 Å². The van der Waals surface area contributed by atoms with Crippen LogP contribution in [0.3, 0.4) is 0 Å². The number of hydrogen-bond acceptors (Lipinski definition) is 7. The number of fused-ring (bicyclic) bond motifs is 1. The van der Waals surface area contributed by atoms with E-state index >= 15 is 0 Å². The van der Waals surface area contributed by atoms with Crippen LogP contribution in [-0.2, 0) is 11.2 Å². The monoisotopic (exact) mass is 325 g/mol. The molecule has 1 aliphatic carbocycles. The second-order valence-electron chi connectivity index (χ2n) is 6.45. The summed E-state index contributed by atoms with van der Waals surface area (Å²) in [5.41, 5.74) is 7.01. The Morgan fingerprint density at radius 3 is 2.57 bits per heavy atom. The normalized spacial score (nSPS) is 37.4. The van der Waals surface area contributed by atoms with Crippen LogP contribution in [0.25, 0.3) is 0 Å². The van der Waals surface area contributed by atoms with E-state index < -0.39 is 36.4 Å². The van der Waals surface area contributed by atoms with E-state index in [1.54, 1.807) is 6.07 Å². The minimum atomic E-state index is -1.01. The maximum atomic E-state index is 10.3. The summed E-state index contributed by atoms with van der Waals surface area (Å²) in [6.45, 7) is 0.182. The van der Waals surface area contributed by atoms with E-state index in [0.717, 1.165) is 0 Å². The highest BCUT2D eigenvalue weighted by Crippen LogP contribution is 2.43. The Hall–Kier alpha value is -1.38. The molecule has 3 rings (SSSR count). The third-order valence-corrected chi connectivity index (χ3v) is 4.97. The number of ether oxygens (including phenoxy) is 1. The van der Waals surface area contributed by atoms with Crippen molar-refractivity contribution in [1.82, 2.24) is 0 Å². The van der Waals surface area contributed by atoms with Gasteiger partial charge >= 0.3 is 0 Å². The van der Waals surface area contributed by atoms with Gasteiger partial charge in [-0.05, 0) is 18.1 Å². The van der Waals surface area contributed by atoms with E-state index in [1.807, 2.05) is 0 Å². The Labute approximate surface area is 133 Å². The number of benzene rings is 1. The highest BCUT2D eigenvalue weighted by atomic mass is 16.5. The lowest BCUT2D eigenvalue weighted by molar-refractivity contribution is -0.145. The third kappa shape index (κ3) is 2.90. The van der Waals surface area contributed by atoms with E-state index in [4.69, 9.17) is 10.5 Å². The Kier molecular flexibility index (Phi) is 4.48. The number of aliphatic hydroxyl groups is 3. The molecule has 1 heterocycles. The van der Waals surface area contributed by atoms with Crippen molar-refractivity contribution in [3.63, 3.8) is 0 Å². The summed E-state index contributed by atoms with van der Waals surface area (Å²) in [6.07, 6.45) is -3.01.